The number of rotatable bonds is 6. The van der Waals surface area contributed by atoms with Crippen LogP contribution in [0.5, 0.6) is 0 Å². The van der Waals surface area contributed by atoms with Crippen molar-refractivity contribution in [3.8, 4) is 0 Å². The molecule has 1 aromatic carbocycles. The Morgan fingerprint density at radius 3 is 2.57 bits per heavy atom. The van der Waals surface area contributed by atoms with Gasteiger partial charge in [-0.2, -0.15) is 5.10 Å². The zero-order chi connectivity index (χ0) is 20.1. The third kappa shape index (κ3) is 5.32. The molecule has 152 valence electrons. The fourth-order valence-corrected chi connectivity index (χ4v) is 4.23. The minimum atomic E-state index is 0.320. The lowest BCUT2D eigenvalue weighted by atomic mass is 10.1. The standard InChI is InChI=1S/C22H33N5S/c1-16-10-6-7-11-20(16)15-27-19(4)21(18(3)25-27)24-22(28)23-17(2)14-26-12-8-5-9-13-26/h6-7,10-11,17H,5,8-9,12-15H2,1-4H3,(H2,23,24,28). The van der Waals surface area contributed by atoms with Gasteiger partial charge in [-0.1, -0.05) is 30.7 Å². The van der Waals surface area contributed by atoms with Crippen LogP contribution < -0.4 is 10.6 Å². The van der Waals surface area contributed by atoms with Gasteiger partial charge in [0.1, 0.15) is 0 Å². The highest BCUT2D eigenvalue weighted by Crippen LogP contribution is 2.21. The third-order valence-corrected chi connectivity index (χ3v) is 5.78. The van der Waals surface area contributed by atoms with Crippen molar-refractivity contribution in [2.45, 2.75) is 59.5 Å². The minimum absolute atomic E-state index is 0.320. The molecule has 0 amide bonds. The summed E-state index contributed by atoms with van der Waals surface area (Å²) in [5.41, 5.74) is 5.66. The lowest BCUT2D eigenvalue weighted by molar-refractivity contribution is 0.215. The highest BCUT2D eigenvalue weighted by molar-refractivity contribution is 7.80. The quantitative estimate of drug-likeness (QED) is 0.719. The Labute approximate surface area is 174 Å². The van der Waals surface area contributed by atoms with Gasteiger partial charge in [0.05, 0.1) is 23.6 Å². The van der Waals surface area contributed by atoms with E-state index in [1.54, 1.807) is 0 Å². The monoisotopic (exact) mass is 399 g/mol. The van der Waals surface area contributed by atoms with Crippen molar-refractivity contribution in [2.24, 2.45) is 0 Å². The predicted octanol–water partition coefficient (Wildman–Crippen LogP) is 4.02. The third-order valence-electron chi connectivity index (χ3n) is 5.56. The van der Waals surface area contributed by atoms with Gasteiger partial charge in [-0.05, 0) is 77.0 Å². The maximum atomic E-state index is 5.58. The summed E-state index contributed by atoms with van der Waals surface area (Å²) in [6.07, 6.45) is 3.99. The summed E-state index contributed by atoms with van der Waals surface area (Å²) in [7, 11) is 0. The van der Waals surface area contributed by atoms with Crippen molar-refractivity contribution in [3.63, 3.8) is 0 Å². The SMILES string of the molecule is Cc1ccccc1Cn1nc(C)c(NC(=S)NC(C)CN2CCCCC2)c1C. The summed E-state index contributed by atoms with van der Waals surface area (Å²) in [5.74, 6) is 0. The van der Waals surface area contributed by atoms with Crippen molar-refractivity contribution in [3.05, 3.63) is 46.8 Å². The van der Waals surface area contributed by atoms with Gasteiger partial charge in [0.2, 0.25) is 0 Å². The summed E-state index contributed by atoms with van der Waals surface area (Å²) in [4.78, 5) is 2.53. The number of nitrogens with zero attached hydrogens (tertiary/aromatic N) is 3. The van der Waals surface area contributed by atoms with E-state index in [4.69, 9.17) is 17.3 Å². The van der Waals surface area contributed by atoms with E-state index in [0.29, 0.717) is 11.2 Å². The number of piperidine rings is 1. The highest BCUT2D eigenvalue weighted by Gasteiger charge is 2.16. The molecular weight excluding hydrogens is 366 g/mol. The maximum absolute atomic E-state index is 5.58. The van der Waals surface area contributed by atoms with Crippen LogP contribution in [0.3, 0.4) is 0 Å². The first kappa shape index (κ1) is 20.8. The lowest BCUT2D eigenvalue weighted by Crippen LogP contribution is -2.45. The van der Waals surface area contributed by atoms with E-state index in [0.717, 1.165) is 30.2 Å². The summed E-state index contributed by atoms with van der Waals surface area (Å²) >= 11 is 5.58. The Morgan fingerprint density at radius 2 is 1.86 bits per heavy atom. The first-order chi connectivity index (χ1) is 13.4. The van der Waals surface area contributed by atoms with Crippen molar-refractivity contribution < 1.29 is 0 Å². The molecule has 1 atom stereocenters. The molecule has 0 aliphatic carbocycles. The van der Waals surface area contributed by atoms with Gasteiger partial charge < -0.3 is 15.5 Å². The molecule has 2 heterocycles. The Bertz CT molecular complexity index is 807. The van der Waals surface area contributed by atoms with Crippen LogP contribution in [-0.4, -0.2) is 45.5 Å². The normalized spacial score (nSPS) is 16.0. The molecule has 2 aromatic rings. The molecule has 0 radical (unpaired) electrons. The lowest BCUT2D eigenvalue weighted by Gasteiger charge is -2.29. The fraction of sp³-hybridized carbons (Fsp3) is 0.545. The second-order valence-electron chi connectivity index (χ2n) is 7.99. The number of hydrogen-bond donors (Lipinski definition) is 2. The zero-order valence-corrected chi connectivity index (χ0v) is 18.4. The number of likely N-dealkylation sites (tertiary alicyclic amines) is 1. The summed E-state index contributed by atoms with van der Waals surface area (Å²) in [6.45, 7) is 12.7. The number of hydrogen-bond acceptors (Lipinski definition) is 3. The van der Waals surface area contributed by atoms with E-state index in [-0.39, 0.29) is 0 Å². The van der Waals surface area contributed by atoms with Gasteiger partial charge in [-0.15, -0.1) is 0 Å². The van der Waals surface area contributed by atoms with Gasteiger partial charge in [0, 0.05) is 12.6 Å². The number of aryl methyl sites for hydroxylation is 2. The fourth-order valence-electron chi connectivity index (χ4n) is 3.93. The number of nitrogens with one attached hydrogen (secondary N) is 2. The molecule has 28 heavy (non-hydrogen) atoms. The molecule has 1 aromatic heterocycles. The second-order valence-corrected chi connectivity index (χ2v) is 8.40. The number of benzene rings is 1. The Kier molecular flexibility index (Phi) is 7.08. The van der Waals surface area contributed by atoms with Crippen LogP contribution in [0, 0.1) is 20.8 Å². The van der Waals surface area contributed by atoms with Gasteiger partial charge in [-0.25, -0.2) is 0 Å². The van der Waals surface area contributed by atoms with Crippen molar-refractivity contribution >= 4 is 23.0 Å². The average molecular weight is 400 g/mol. The molecule has 1 aliphatic rings. The maximum Gasteiger partial charge on any atom is 0.171 e. The zero-order valence-electron chi connectivity index (χ0n) is 17.6. The molecule has 1 saturated heterocycles. The van der Waals surface area contributed by atoms with Crippen LogP contribution in [-0.2, 0) is 6.54 Å². The molecule has 1 unspecified atom stereocenters. The molecule has 0 spiro atoms. The van der Waals surface area contributed by atoms with E-state index in [2.05, 4.69) is 65.3 Å². The van der Waals surface area contributed by atoms with Gasteiger partial charge in [0.25, 0.3) is 0 Å². The molecule has 0 bridgehead atoms. The topological polar surface area (TPSA) is 45.1 Å². The van der Waals surface area contributed by atoms with Crippen molar-refractivity contribution in [1.82, 2.24) is 20.0 Å². The molecule has 1 aliphatic heterocycles. The van der Waals surface area contributed by atoms with E-state index >= 15 is 0 Å². The van der Waals surface area contributed by atoms with Crippen molar-refractivity contribution in [2.75, 3.05) is 25.0 Å². The molecule has 5 nitrogen and oxygen atoms in total. The van der Waals surface area contributed by atoms with E-state index in [1.807, 2.05) is 6.92 Å². The van der Waals surface area contributed by atoms with E-state index in [9.17, 15) is 0 Å². The van der Waals surface area contributed by atoms with Gasteiger partial charge >= 0.3 is 0 Å². The summed E-state index contributed by atoms with van der Waals surface area (Å²) in [6, 6.07) is 8.77. The van der Waals surface area contributed by atoms with Crippen LogP contribution in [0.4, 0.5) is 5.69 Å². The number of aromatic nitrogens is 2. The molecule has 0 saturated carbocycles. The number of anilines is 1. The van der Waals surface area contributed by atoms with E-state index < -0.39 is 0 Å². The summed E-state index contributed by atoms with van der Waals surface area (Å²) in [5, 5.41) is 12.2. The molecule has 1 fully saturated rings. The van der Waals surface area contributed by atoms with Crippen LogP contribution >= 0.6 is 12.2 Å². The largest absolute Gasteiger partial charge is 0.359 e. The molecule has 3 rings (SSSR count). The van der Waals surface area contributed by atoms with Crippen LogP contribution in [0.25, 0.3) is 0 Å². The minimum Gasteiger partial charge on any atom is -0.359 e. The average Bonchev–Trinajstić information content (AvgIpc) is 2.91. The van der Waals surface area contributed by atoms with Gasteiger partial charge in [-0.3, -0.25) is 4.68 Å². The molecular formula is C22H33N5S. The molecule has 6 heteroatoms. The highest BCUT2D eigenvalue weighted by atomic mass is 32.1. The van der Waals surface area contributed by atoms with Crippen LogP contribution in [0.15, 0.2) is 24.3 Å². The summed E-state index contributed by atoms with van der Waals surface area (Å²) < 4.78 is 2.06. The second kappa shape index (κ2) is 9.52. The first-order valence-electron chi connectivity index (χ1n) is 10.3. The van der Waals surface area contributed by atoms with Crippen molar-refractivity contribution in [1.29, 1.82) is 0 Å². The first-order valence-corrected chi connectivity index (χ1v) is 10.7. The predicted molar refractivity (Wildman–Crippen MR) is 121 cm³/mol. The Morgan fingerprint density at radius 1 is 1.14 bits per heavy atom. The smallest absolute Gasteiger partial charge is 0.171 e. The molecule has 2 N–H and O–H groups in total. The van der Waals surface area contributed by atoms with E-state index in [1.165, 1.54) is 43.5 Å². The van der Waals surface area contributed by atoms with Gasteiger partial charge in [0.15, 0.2) is 5.11 Å². The van der Waals surface area contributed by atoms with Crippen LogP contribution in [0.1, 0.15) is 48.7 Å². The Balaban J connectivity index is 1.59. The van der Waals surface area contributed by atoms with Crippen LogP contribution in [0.2, 0.25) is 0 Å². The number of thiocarbonyl (C=S) groups is 1. The Hall–Kier alpha value is -1.92.